The summed E-state index contributed by atoms with van der Waals surface area (Å²) in [5.74, 6) is -0.829. The first-order valence-electron chi connectivity index (χ1n) is 5.87. The minimum Gasteiger partial charge on any atom is -0.481 e. The van der Waals surface area contributed by atoms with Crippen LogP contribution in [0.2, 0.25) is 0 Å². The summed E-state index contributed by atoms with van der Waals surface area (Å²) >= 11 is 3.52. The molecular formula is C13H14BrN3O2. The summed E-state index contributed by atoms with van der Waals surface area (Å²) in [6, 6.07) is 4.01. The molecule has 0 amide bonds. The highest BCUT2D eigenvalue weighted by Crippen LogP contribution is 2.24. The third kappa shape index (κ3) is 3.20. The lowest BCUT2D eigenvalue weighted by atomic mass is 10.1. The number of rotatable bonds is 4. The van der Waals surface area contributed by atoms with Crippen LogP contribution in [0.4, 0.5) is 0 Å². The fourth-order valence-electron chi connectivity index (χ4n) is 1.83. The molecule has 0 aliphatic rings. The van der Waals surface area contributed by atoms with Gasteiger partial charge in [-0.2, -0.15) is 0 Å². The minimum atomic E-state index is -0.829. The molecule has 0 saturated carbocycles. The quantitative estimate of drug-likeness (QED) is 0.939. The van der Waals surface area contributed by atoms with Crippen LogP contribution < -0.4 is 0 Å². The summed E-state index contributed by atoms with van der Waals surface area (Å²) in [6.07, 6.45) is 2.23. The molecule has 0 bridgehead atoms. The van der Waals surface area contributed by atoms with E-state index in [4.69, 9.17) is 5.11 Å². The van der Waals surface area contributed by atoms with Crippen molar-refractivity contribution in [2.45, 2.75) is 26.7 Å². The van der Waals surface area contributed by atoms with E-state index in [0.717, 1.165) is 21.3 Å². The van der Waals surface area contributed by atoms with Gasteiger partial charge in [0.15, 0.2) is 0 Å². The highest BCUT2D eigenvalue weighted by molar-refractivity contribution is 9.10. The van der Waals surface area contributed by atoms with Crippen LogP contribution in [-0.4, -0.2) is 26.1 Å². The molecule has 0 unspecified atom stereocenters. The Balaban J connectivity index is 2.25. The maximum atomic E-state index is 10.5. The standard InChI is InChI=1S/C13H14BrN3O2/c1-8-5-11(6-9(2)13(8)14)17-7-10(15-16-17)3-4-12(18)19/h5-7H,3-4H2,1-2H3,(H,18,19). The molecule has 1 heterocycles. The third-order valence-electron chi connectivity index (χ3n) is 2.82. The second-order valence-electron chi connectivity index (χ2n) is 4.44. The highest BCUT2D eigenvalue weighted by atomic mass is 79.9. The van der Waals surface area contributed by atoms with Gasteiger partial charge in [-0.25, -0.2) is 4.68 Å². The summed E-state index contributed by atoms with van der Waals surface area (Å²) in [5.41, 5.74) is 3.85. The molecule has 0 radical (unpaired) electrons. The largest absolute Gasteiger partial charge is 0.481 e. The van der Waals surface area contributed by atoms with Crippen LogP contribution in [0.1, 0.15) is 23.2 Å². The molecule has 0 aliphatic carbocycles. The van der Waals surface area contributed by atoms with E-state index in [1.807, 2.05) is 26.0 Å². The Morgan fingerprint density at radius 2 is 2.00 bits per heavy atom. The molecular weight excluding hydrogens is 310 g/mol. The smallest absolute Gasteiger partial charge is 0.303 e. The van der Waals surface area contributed by atoms with Gasteiger partial charge in [0.2, 0.25) is 0 Å². The lowest BCUT2D eigenvalue weighted by molar-refractivity contribution is -0.136. The highest BCUT2D eigenvalue weighted by Gasteiger charge is 2.08. The number of aryl methyl sites for hydroxylation is 3. The van der Waals surface area contributed by atoms with Crippen molar-refractivity contribution in [3.8, 4) is 5.69 Å². The first-order valence-corrected chi connectivity index (χ1v) is 6.67. The zero-order valence-electron chi connectivity index (χ0n) is 10.7. The van der Waals surface area contributed by atoms with Crippen LogP contribution in [-0.2, 0) is 11.2 Å². The molecule has 6 heteroatoms. The predicted octanol–water partition coefficient (Wildman–Crippen LogP) is 2.66. The number of carbonyl (C=O) groups is 1. The van der Waals surface area contributed by atoms with Crippen molar-refractivity contribution in [2.24, 2.45) is 0 Å². The molecule has 100 valence electrons. The van der Waals surface area contributed by atoms with Crippen molar-refractivity contribution in [3.63, 3.8) is 0 Å². The van der Waals surface area contributed by atoms with E-state index in [9.17, 15) is 4.79 Å². The maximum Gasteiger partial charge on any atom is 0.303 e. The number of nitrogens with zero attached hydrogens (tertiary/aromatic N) is 3. The van der Waals surface area contributed by atoms with Crippen LogP contribution in [0.5, 0.6) is 0 Å². The van der Waals surface area contributed by atoms with Crippen molar-refractivity contribution in [1.29, 1.82) is 0 Å². The van der Waals surface area contributed by atoms with E-state index >= 15 is 0 Å². The fraction of sp³-hybridized carbons (Fsp3) is 0.308. The fourth-order valence-corrected chi connectivity index (χ4v) is 2.06. The topological polar surface area (TPSA) is 68.0 Å². The van der Waals surface area contributed by atoms with Crippen LogP contribution in [0.25, 0.3) is 5.69 Å². The molecule has 0 fully saturated rings. The number of aromatic nitrogens is 3. The van der Waals surface area contributed by atoms with Crippen molar-refractivity contribution < 1.29 is 9.90 Å². The summed E-state index contributed by atoms with van der Waals surface area (Å²) in [5, 5.41) is 16.7. The first-order chi connectivity index (χ1) is 8.97. The van der Waals surface area contributed by atoms with Crippen LogP contribution >= 0.6 is 15.9 Å². The van der Waals surface area contributed by atoms with Crippen molar-refractivity contribution >= 4 is 21.9 Å². The Bertz CT molecular complexity index is 599. The zero-order chi connectivity index (χ0) is 14.0. The number of benzene rings is 1. The Morgan fingerprint density at radius 1 is 1.37 bits per heavy atom. The molecule has 2 aromatic rings. The Labute approximate surface area is 119 Å². The van der Waals surface area contributed by atoms with E-state index in [1.54, 1.807) is 10.9 Å². The number of carboxylic acids is 1. The van der Waals surface area contributed by atoms with Gasteiger partial charge in [0.05, 0.1) is 24.0 Å². The molecule has 0 atom stereocenters. The molecule has 1 N–H and O–H groups in total. The molecule has 1 aromatic carbocycles. The van der Waals surface area contributed by atoms with Crippen molar-refractivity contribution in [1.82, 2.24) is 15.0 Å². The predicted molar refractivity (Wildman–Crippen MR) is 74.5 cm³/mol. The first kappa shape index (κ1) is 13.7. The summed E-state index contributed by atoms with van der Waals surface area (Å²) in [4.78, 5) is 10.5. The molecule has 0 aliphatic heterocycles. The van der Waals surface area contributed by atoms with Gasteiger partial charge in [0.25, 0.3) is 0 Å². The Kier molecular flexibility index (Phi) is 3.99. The van der Waals surface area contributed by atoms with E-state index < -0.39 is 5.97 Å². The van der Waals surface area contributed by atoms with Gasteiger partial charge in [-0.3, -0.25) is 4.79 Å². The number of hydrogen-bond acceptors (Lipinski definition) is 3. The van der Waals surface area contributed by atoms with Crippen molar-refractivity contribution in [3.05, 3.63) is 39.6 Å². The number of carboxylic acid groups (broad SMARTS) is 1. The van der Waals surface area contributed by atoms with Gasteiger partial charge < -0.3 is 5.11 Å². The summed E-state index contributed by atoms with van der Waals surface area (Å²) in [6.45, 7) is 4.03. The molecule has 0 spiro atoms. The number of halogens is 1. The Hall–Kier alpha value is -1.69. The molecule has 5 nitrogen and oxygen atoms in total. The second-order valence-corrected chi connectivity index (χ2v) is 5.23. The summed E-state index contributed by atoms with van der Waals surface area (Å²) in [7, 11) is 0. The van der Waals surface area contributed by atoms with E-state index in [2.05, 4.69) is 26.2 Å². The van der Waals surface area contributed by atoms with Gasteiger partial charge >= 0.3 is 5.97 Å². The molecule has 0 saturated heterocycles. The summed E-state index contributed by atoms with van der Waals surface area (Å²) < 4.78 is 2.76. The van der Waals surface area contributed by atoms with Gasteiger partial charge in [0.1, 0.15) is 0 Å². The lowest BCUT2D eigenvalue weighted by Gasteiger charge is -2.07. The SMILES string of the molecule is Cc1cc(-n2cc(CCC(=O)O)nn2)cc(C)c1Br. The van der Waals surface area contributed by atoms with Gasteiger partial charge in [-0.05, 0) is 37.1 Å². The van der Waals surface area contributed by atoms with Crippen LogP contribution in [0, 0.1) is 13.8 Å². The second kappa shape index (κ2) is 5.52. The number of hydrogen-bond donors (Lipinski definition) is 1. The van der Waals surface area contributed by atoms with Crippen LogP contribution in [0.3, 0.4) is 0 Å². The van der Waals surface area contributed by atoms with Gasteiger partial charge in [-0.1, -0.05) is 21.1 Å². The van der Waals surface area contributed by atoms with Crippen LogP contribution in [0.15, 0.2) is 22.8 Å². The molecule has 1 aromatic heterocycles. The average Bonchev–Trinajstić information content (AvgIpc) is 2.81. The Morgan fingerprint density at radius 3 is 2.58 bits per heavy atom. The number of aliphatic carboxylic acids is 1. The van der Waals surface area contributed by atoms with E-state index in [0.29, 0.717) is 12.1 Å². The van der Waals surface area contributed by atoms with Gasteiger partial charge in [0, 0.05) is 10.9 Å². The van der Waals surface area contributed by atoms with Gasteiger partial charge in [-0.15, -0.1) is 5.10 Å². The minimum absolute atomic E-state index is 0.0666. The van der Waals surface area contributed by atoms with E-state index in [1.165, 1.54) is 0 Å². The maximum absolute atomic E-state index is 10.5. The van der Waals surface area contributed by atoms with Crippen molar-refractivity contribution in [2.75, 3.05) is 0 Å². The lowest BCUT2D eigenvalue weighted by Crippen LogP contribution is -1.98. The normalized spacial score (nSPS) is 10.7. The van der Waals surface area contributed by atoms with E-state index in [-0.39, 0.29) is 6.42 Å². The molecule has 2 rings (SSSR count). The molecule has 19 heavy (non-hydrogen) atoms. The third-order valence-corrected chi connectivity index (χ3v) is 4.07. The monoisotopic (exact) mass is 323 g/mol. The zero-order valence-corrected chi connectivity index (χ0v) is 12.3. The average molecular weight is 324 g/mol.